The van der Waals surface area contributed by atoms with Crippen LogP contribution in [-0.2, 0) is 14.8 Å². The standard InChI is InChI=1S/C21H21N5O5S2/c1-14-11-16(15(2)25(14)17-5-9-20(10-6-17)33(22,30)31)12-23-24-21(27)13-32-19-7-3-18(4-8-19)26(28)29/h3-12H,13H2,1-2H3,(H,24,27)(H2,22,30,31)/b23-12-. The van der Waals surface area contributed by atoms with Crippen molar-refractivity contribution >= 4 is 39.6 Å². The van der Waals surface area contributed by atoms with E-state index in [9.17, 15) is 23.3 Å². The van der Waals surface area contributed by atoms with Crippen LogP contribution in [0, 0.1) is 24.0 Å². The van der Waals surface area contributed by atoms with Gasteiger partial charge in [-0.1, -0.05) is 0 Å². The van der Waals surface area contributed by atoms with Crippen LogP contribution in [0.15, 0.2) is 69.5 Å². The fraction of sp³-hybridized carbons (Fsp3) is 0.143. The van der Waals surface area contributed by atoms with E-state index in [2.05, 4.69) is 10.5 Å². The predicted molar refractivity (Wildman–Crippen MR) is 126 cm³/mol. The summed E-state index contributed by atoms with van der Waals surface area (Å²) in [5.74, 6) is -0.216. The average molecular weight is 488 g/mol. The molecular formula is C21H21N5O5S2. The van der Waals surface area contributed by atoms with Crippen molar-refractivity contribution < 1.29 is 18.1 Å². The van der Waals surface area contributed by atoms with Crippen molar-refractivity contribution in [3.8, 4) is 5.69 Å². The smallest absolute Gasteiger partial charge is 0.269 e. The lowest BCUT2D eigenvalue weighted by atomic mass is 10.2. The number of nitrogens with one attached hydrogen (secondary N) is 1. The Morgan fingerprint density at radius 1 is 1.18 bits per heavy atom. The number of nitro benzene ring substituents is 1. The number of thioether (sulfide) groups is 1. The summed E-state index contributed by atoms with van der Waals surface area (Å²) in [4.78, 5) is 23.0. The van der Waals surface area contributed by atoms with Gasteiger partial charge in [-0.05, 0) is 56.3 Å². The van der Waals surface area contributed by atoms with Crippen molar-refractivity contribution in [2.24, 2.45) is 10.2 Å². The van der Waals surface area contributed by atoms with Crippen molar-refractivity contribution in [2.75, 3.05) is 5.75 Å². The number of hydrogen-bond acceptors (Lipinski definition) is 7. The maximum atomic E-state index is 12.1. The van der Waals surface area contributed by atoms with Crippen LogP contribution in [0.1, 0.15) is 17.0 Å². The van der Waals surface area contributed by atoms with Gasteiger partial charge in [0.05, 0.1) is 21.8 Å². The Morgan fingerprint density at radius 2 is 1.82 bits per heavy atom. The van der Waals surface area contributed by atoms with Gasteiger partial charge in [0.1, 0.15) is 0 Å². The molecule has 1 aromatic heterocycles. The van der Waals surface area contributed by atoms with Crippen LogP contribution in [0.4, 0.5) is 5.69 Å². The number of nitrogens with two attached hydrogens (primary N) is 1. The summed E-state index contributed by atoms with van der Waals surface area (Å²) in [5.41, 5.74) is 5.76. The van der Waals surface area contributed by atoms with Gasteiger partial charge in [-0.25, -0.2) is 19.0 Å². The number of carbonyl (C=O) groups is 1. The highest BCUT2D eigenvalue weighted by Gasteiger charge is 2.12. The number of nitrogens with zero attached hydrogens (tertiary/aromatic N) is 3. The van der Waals surface area contributed by atoms with Crippen molar-refractivity contribution in [2.45, 2.75) is 23.6 Å². The first-order valence-electron chi connectivity index (χ1n) is 9.57. The van der Waals surface area contributed by atoms with Gasteiger partial charge in [0, 0.05) is 39.7 Å². The number of aryl methyl sites for hydroxylation is 1. The number of amides is 1. The molecule has 10 nitrogen and oxygen atoms in total. The van der Waals surface area contributed by atoms with Crippen LogP contribution in [0.2, 0.25) is 0 Å². The molecule has 0 atom stereocenters. The molecule has 1 heterocycles. The van der Waals surface area contributed by atoms with Crippen LogP contribution in [0.3, 0.4) is 0 Å². The monoisotopic (exact) mass is 487 g/mol. The summed E-state index contributed by atoms with van der Waals surface area (Å²) in [6.07, 6.45) is 1.53. The summed E-state index contributed by atoms with van der Waals surface area (Å²) < 4.78 is 24.8. The first-order chi connectivity index (χ1) is 15.6. The molecule has 0 aliphatic rings. The highest BCUT2D eigenvalue weighted by atomic mass is 32.2. The van der Waals surface area contributed by atoms with Crippen molar-refractivity contribution in [1.29, 1.82) is 0 Å². The van der Waals surface area contributed by atoms with E-state index in [1.54, 1.807) is 24.3 Å². The number of non-ortho nitro benzene ring substituents is 1. The first kappa shape index (κ1) is 24.2. The number of rotatable bonds is 8. The van der Waals surface area contributed by atoms with Gasteiger partial charge >= 0.3 is 0 Å². The number of hydrazone groups is 1. The lowest BCUT2D eigenvalue weighted by Crippen LogP contribution is -2.19. The van der Waals surface area contributed by atoms with Gasteiger partial charge in [0.2, 0.25) is 15.9 Å². The number of hydrogen-bond donors (Lipinski definition) is 2. The molecule has 0 radical (unpaired) electrons. The quantitative estimate of drug-likeness (QED) is 0.216. The average Bonchev–Trinajstić information content (AvgIpc) is 3.05. The lowest BCUT2D eigenvalue weighted by Gasteiger charge is -2.10. The minimum Gasteiger partial charge on any atom is -0.318 e. The van der Waals surface area contributed by atoms with Gasteiger partial charge in [-0.15, -0.1) is 11.8 Å². The number of carbonyl (C=O) groups excluding carboxylic acids is 1. The third-order valence-corrected chi connectivity index (χ3v) is 6.65. The molecule has 0 aliphatic heterocycles. The molecular weight excluding hydrogens is 466 g/mol. The molecule has 1 amide bonds. The second-order valence-corrected chi connectivity index (χ2v) is 9.64. The van der Waals surface area contributed by atoms with E-state index in [4.69, 9.17) is 5.14 Å². The van der Waals surface area contributed by atoms with Crippen LogP contribution in [-0.4, -0.2) is 35.8 Å². The van der Waals surface area contributed by atoms with Gasteiger partial charge in [-0.2, -0.15) is 5.10 Å². The minimum absolute atomic E-state index is 0.00800. The largest absolute Gasteiger partial charge is 0.318 e. The zero-order chi connectivity index (χ0) is 24.2. The van der Waals surface area contributed by atoms with Crippen molar-refractivity contribution in [1.82, 2.24) is 9.99 Å². The molecule has 12 heteroatoms. The van der Waals surface area contributed by atoms with Crippen LogP contribution in [0.25, 0.3) is 5.69 Å². The lowest BCUT2D eigenvalue weighted by molar-refractivity contribution is -0.384. The van der Waals surface area contributed by atoms with E-state index in [1.807, 2.05) is 24.5 Å². The van der Waals surface area contributed by atoms with Gasteiger partial charge < -0.3 is 4.57 Å². The van der Waals surface area contributed by atoms with Gasteiger partial charge in [0.25, 0.3) is 5.69 Å². The minimum atomic E-state index is -3.76. The molecule has 3 rings (SSSR count). The maximum absolute atomic E-state index is 12.1. The Bertz CT molecular complexity index is 1310. The second-order valence-electron chi connectivity index (χ2n) is 7.03. The van der Waals surface area contributed by atoms with E-state index < -0.39 is 14.9 Å². The maximum Gasteiger partial charge on any atom is 0.269 e. The summed E-state index contributed by atoms with van der Waals surface area (Å²) in [6.45, 7) is 3.78. The Kier molecular flexibility index (Phi) is 7.31. The van der Waals surface area contributed by atoms with Gasteiger partial charge in [0.15, 0.2) is 0 Å². The Hall–Kier alpha value is -3.48. The zero-order valence-corrected chi connectivity index (χ0v) is 19.4. The molecule has 172 valence electrons. The van der Waals surface area contributed by atoms with Gasteiger partial charge in [-0.3, -0.25) is 14.9 Å². The second kappa shape index (κ2) is 9.98. The SMILES string of the molecule is Cc1cc(/C=N\NC(=O)CSc2ccc([N+](=O)[O-])cc2)c(C)n1-c1ccc(S(N)(=O)=O)cc1. The van der Waals surface area contributed by atoms with Crippen molar-refractivity contribution in [3.05, 3.63) is 81.7 Å². The summed E-state index contributed by atoms with van der Waals surface area (Å²) in [7, 11) is -3.76. The molecule has 2 aromatic carbocycles. The van der Waals surface area contributed by atoms with E-state index >= 15 is 0 Å². The predicted octanol–water partition coefficient (Wildman–Crippen LogP) is 2.89. The third kappa shape index (κ3) is 6.06. The zero-order valence-electron chi connectivity index (χ0n) is 17.8. The molecule has 0 aliphatic carbocycles. The van der Waals surface area contributed by atoms with E-state index in [0.717, 1.165) is 27.5 Å². The number of primary sulfonamides is 1. The van der Waals surface area contributed by atoms with Crippen LogP contribution >= 0.6 is 11.8 Å². The molecule has 0 saturated carbocycles. The van der Waals surface area contributed by atoms with E-state index in [0.29, 0.717) is 0 Å². The fourth-order valence-electron chi connectivity index (χ4n) is 3.12. The molecule has 3 N–H and O–H groups in total. The first-order valence-corrected chi connectivity index (χ1v) is 12.1. The topological polar surface area (TPSA) is 150 Å². The third-order valence-electron chi connectivity index (χ3n) is 4.70. The van der Waals surface area contributed by atoms with E-state index in [1.165, 1.54) is 42.2 Å². The Labute approximate surface area is 194 Å². The number of benzene rings is 2. The molecule has 0 spiro atoms. The van der Waals surface area contributed by atoms with Crippen LogP contribution < -0.4 is 10.6 Å². The number of aromatic nitrogens is 1. The molecule has 33 heavy (non-hydrogen) atoms. The number of nitro groups is 1. The normalized spacial score (nSPS) is 11.6. The van der Waals surface area contributed by atoms with E-state index in [-0.39, 0.29) is 22.2 Å². The highest BCUT2D eigenvalue weighted by molar-refractivity contribution is 8.00. The molecule has 0 unspecified atom stereocenters. The molecule has 0 saturated heterocycles. The molecule has 3 aromatic rings. The Morgan fingerprint density at radius 3 is 2.39 bits per heavy atom. The molecule has 0 fully saturated rings. The highest BCUT2D eigenvalue weighted by Crippen LogP contribution is 2.22. The molecule has 0 bridgehead atoms. The van der Waals surface area contributed by atoms with Crippen LogP contribution in [0.5, 0.6) is 0 Å². The number of sulfonamides is 1. The summed E-state index contributed by atoms with van der Waals surface area (Å²) in [5, 5.41) is 19.8. The fourth-order valence-corrected chi connectivity index (χ4v) is 4.33. The Balaban J connectivity index is 1.62. The summed E-state index contributed by atoms with van der Waals surface area (Å²) >= 11 is 1.24. The van der Waals surface area contributed by atoms with Crippen molar-refractivity contribution in [3.63, 3.8) is 0 Å². The summed E-state index contributed by atoms with van der Waals surface area (Å²) in [6, 6.07) is 14.1.